The highest BCUT2D eigenvalue weighted by molar-refractivity contribution is 5.40. The molecular formula is C17H25NO. The van der Waals surface area contributed by atoms with Crippen LogP contribution in [0.25, 0.3) is 0 Å². The van der Waals surface area contributed by atoms with Crippen LogP contribution in [0.5, 0.6) is 5.75 Å². The first-order valence-corrected chi connectivity index (χ1v) is 7.85. The maximum Gasteiger partial charge on any atom is 0.122 e. The highest BCUT2D eigenvalue weighted by Crippen LogP contribution is 2.41. The molecule has 104 valence electrons. The molecule has 1 fully saturated rings. The Labute approximate surface area is 116 Å². The molecule has 2 nitrogen and oxygen atoms in total. The lowest BCUT2D eigenvalue weighted by molar-refractivity contribution is 0.253. The number of nitrogens with one attached hydrogen (secondary N) is 1. The van der Waals surface area contributed by atoms with Crippen LogP contribution in [0.2, 0.25) is 0 Å². The fourth-order valence-electron chi connectivity index (χ4n) is 3.75. The van der Waals surface area contributed by atoms with Crippen LogP contribution in [0.4, 0.5) is 0 Å². The minimum absolute atomic E-state index is 0.547. The largest absolute Gasteiger partial charge is 0.493 e. The smallest absolute Gasteiger partial charge is 0.122 e. The van der Waals surface area contributed by atoms with Crippen molar-refractivity contribution in [2.24, 2.45) is 5.92 Å². The van der Waals surface area contributed by atoms with E-state index in [1.807, 2.05) is 0 Å². The molecule has 0 bridgehead atoms. The van der Waals surface area contributed by atoms with Crippen molar-refractivity contribution in [1.29, 1.82) is 0 Å². The molecule has 0 saturated heterocycles. The first kappa shape index (κ1) is 13.0. The summed E-state index contributed by atoms with van der Waals surface area (Å²) in [4.78, 5) is 0. The maximum absolute atomic E-state index is 5.89. The van der Waals surface area contributed by atoms with E-state index < -0.39 is 0 Å². The number of rotatable bonds is 5. The number of hydrogen-bond donors (Lipinski definition) is 1. The van der Waals surface area contributed by atoms with E-state index in [0.717, 1.165) is 24.8 Å². The van der Waals surface area contributed by atoms with E-state index in [1.54, 1.807) is 0 Å². The van der Waals surface area contributed by atoms with Crippen molar-refractivity contribution in [2.45, 2.75) is 51.0 Å². The normalized spacial score (nSPS) is 24.2. The number of para-hydroxylation sites is 1. The third-order valence-electron chi connectivity index (χ3n) is 4.71. The van der Waals surface area contributed by atoms with E-state index in [9.17, 15) is 0 Å². The monoisotopic (exact) mass is 259 g/mol. The molecule has 0 spiro atoms. The summed E-state index contributed by atoms with van der Waals surface area (Å²) in [6, 6.07) is 9.19. The fraction of sp³-hybridized carbons (Fsp3) is 0.647. The third kappa shape index (κ3) is 2.64. The van der Waals surface area contributed by atoms with Gasteiger partial charge in [-0.25, -0.2) is 0 Å². The molecule has 19 heavy (non-hydrogen) atoms. The number of ether oxygens (including phenoxy) is 1. The van der Waals surface area contributed by atoms with Gasteiger partial charge in [0.25, 0.3) is 0 Å². The summed E-state index contributed by atoms with van der Waals surface area (Å²) in [6.45, 7) is 4.23. The molecule has 0 aromatic heterocycles. The highest BCUT2D eigenvalue weighted by atomic mass is 16.5. The molecule has 1 N–H and O–H groups in total. The lowest BCUT2D eigenvalue weighted by Crippen LogP contribution is -2.41. The second-order valence-electron chi connectivity index (χ2n) is 5.98. The Bertz CT molecular complexity index is 411. The molecule has 3 rings (SSSR count). The Hall–Kier alpha value is -1.02. The predicted molar refractivity (Wildman–Crippen MR) is 78.7 cm³/mol. The van der Waals surface area contributed by atoms with Gasteiger partial charge < -0.3 is 10.1 Å². The maximum atomic E-state index is 5.89. The topological polar surface area (TPSA) is 21.3 Å². The summed E-state index contributed by atoms with van der Waals surface area (Å²) in [7, 11) is 0. The lowest BCUT2D eigenvalue weighted by Gasteiger charge is -2.29. The Balaban J connectivity index is 1.79. The van der Waals surface area contributed by atoms with Crippen molar-refractivity contribution in [2.75, 3.05) is 13.2 Å². The standard InChI is InChI=1S/C17H25NO/c1-2-11-18-17(13-7-3-4-8-13)15-12-19-16-10-6-5-9-14(15)16/h5-6,9-10,13,15,17-18H,2-4,7-8,11-12H2,1H3. The van der Waals surface area contributed by atoms with Gasteiger partial charge in [0.05, 0.1) is 6.61 Å². The molecule has 2 heteroatoms. The van der Waals surface area contributed by atoms with E-state index >= 15 is 0 Å². The van der Waals surface area contributed by atoms with Gasteiger partial charge in [0.15, 0.2) is 0 Å². The predicted octanol–water partition coefficient (Wildman–Crippen LogP) is 3.72. The summed E-state index contributed by atoms with van der Waals surface area (Å²) < 4.78 is 5.89. The summed E-state index contributed by atoms with van der Waals surface area (Å²) in [5.41, 5.74) is 1.42. The van der Waals surface area contributed by atoms with Gasteiger partial charge in [0, 0.05) is 17.5 Å². The minimum atomic E-state index is 0.547. The Kier molecular flexibility index (Phi) is 4.07. The van der Waals surface area contributed by atoms with Gasteiger partial charge >= 0.3 is 0 Å². The fourth-order valence-corrected chi connectivity index (χ4v) is 3.75. The van der Waals surface area contributed by atoms with Crippen LogP contribution in [0, 0.1) is 5.92 Å². The van der Waals surface area contributed by atoms with Crippen LogP contribution < -0.4 is 10.1 Å². The Morgan fingerprint density at radius 2 is 2.05 bits per heavy atom. The van der Waals surface area contributed by atoms with E-state index in [0.29, 0.717) is 12.0 Å². The molecule has 2 atom stereocenters. The molecule has 0 amide bonds. The van der Waals surface area contributed by atoms with Crippen LogP contribution in [-0.4, -0.2) is 19.2 Å². The number of hydrogen-bond acceptors (Lipinski definition) is 2. The third-order valence-corrected chi connectivity index (χ3v) is 4.71. The van der Waals surface area contributed by atoms with Gasteiger partial charge in [-0.2, -0.15) is 0 Å². The SMILES string of the molecule is CCCNC(C1CCCC1)C1COc2ccccc21. The lowest BCUT2D eigenvalue weighted by atomic mass is 9.83. The zero-order valence-corrected chi connectivity index (χ0v) is 11.9. The molecule has 1 aromatic rings. The van der Waals surface area contributed by atoms with Crippen LogP contribution in [0.3, 0.4) is 0 Å². The summed E-state index contributed by atoms with van der Waals surface area (Å²) in [5.74, 6) is 2.49. The molecule has 0 radical (unpaired) electrons. The average Bonchev–Trinajstić information content (AvgIpc) is 3.09. The van der Waals surface area contributed by atoms with E-state index in [4.69, 9.17) is 4.74 Å². The van der Waals surface area contributed by atoms with E-state index in [-0.39, 0.29) is 0 Å². The van der Waals surface area contributed by atoms with Crippen LogP contribution in [-0.2, 0) is 0 Å². The summed E-state index contributed by atoms with van der Waals surface area (Å²) in [6.07, 6.45) is 6.80. The van der Waals surface area contributed by atoms with Crippen LogP contribution in [0.1, 0.15) is 50.5 Å². The second kappa shape index (κ2) is 5.96. The minimum Gasteiger partial charge on any atom is -0.493 e. The van der Waals surface area contributed by atoms with E-state index in [1.165, 1.54) is 37.7 Å². The molecule has 1 heterocycles. The number of benzene rings is 1. The summed E-state index contributed by atoms with van der Waals surface area (Å²) >= 11 is 0. The van der Waals surface area contributed by atoms with Crippen molar-refractivity contribution in [3.8, 4) is 5.75 Å². The van der Waals surface area contributed by atoms with Gasteiger partial charge in [-0.15, -0.1) is 0 Å². The molecular weight excluding hydrogens is 234 g/mol. The molecule has 2 unspecified atom stereocenters. The van der Waals surface area contributed by atoms with Gasteiger partial charge in [-0.05, 0) is 37.8 Å². The zero-order chi connectivity index (χ0) is 13.1. The van der Waals surface area contributed by atoms with Crippen molar-refractivity contribution in [3.63, 3.8) is 0 Å². The number of fused-ring (bicyclic) bond motifs is 1. The van der Waals surface area contributed by atoms with Gasteiger partial charge in [0.1, 0.15) is 5.75 Å². The van der Waals surface area contributed by atoms with Crippen molar-refractivity contribution >= 4 is 0 Å². The molecule has 1 aromatic carbocycles. The molecule has 2 aliphatic rings. The Morgan fingerprint density at radius 3 is 2.84 bits per heavy atom. The van der Waals surface area contributed by atoms with Crippen molar-refractivity contribution < 1.29 is 4.74 Å². The van der Waals surface area contributed by atoms with Gasteiger partial charge in [-0.1, -0.05) is 38.0 Å². The first-order valence-electron chi connectivity index (χ1n) is 7.85. The van der Waals surface area contributed by atoms with Gasteiger partial charge in [-0.3, -0.25) is 0 Å². The summed E-state index contributed by atoms with van der Waals surface area (Å²) in [5, 5.41) is 3.81. The van der Waals surface area contributed by atoms with E-state index in [2.05, 4.69) is 36.5 Å². The zero-order valence-electron chi connectivity index (χ0n) is 11.9. The van der Waals surface area contributed by atoms with Gasteiger partial charge in [0.2, 0.25) is 0 Å². The molecule has 1 aliphatic heterocycles. The van der Waals surface area contributed by atoms with Crippen molar-refractivity contribution in [1.82, 2.24) is 5.32 Å². The Morgan fingerprint density at radius 1 is 1.26 bits per heavy atom. The second-order valence-corrected chi connectivity index (χ2v) is 5.98. The van der Waals surface area contributed by atoms with Crippen LogP contribution in [0.15, 0.2) is 24.3 Å². The van der Waals surface area contributed by atoms with Crippen molar-refractivity contribution in [3.05, 3.63) is 29.8 Å². The van der Waals surface area contributed by atoms with Crippen LogP contribution >= 0.6 is 0 Å². The quantitative estimate of drug-likeness (QED) is 0.870. The molecule has 1 saturated carbocycles. The average molecular weight is 259 g/mol. The highest BCUT2D eigenvalue weighted by Gasteiger charge is 2.36. The molecule has 1 aliphatic carbocycles. The first-order chi connectivity index (χ1) is 9.40.